The van der Waals surface area contributed by atoms with E-state index < -0.39 is 5.97 Å². The van der Waals surface area contributed by atoms with Gasteiger partial charge in [-0.25, -0.2) is 4.79 Å². The Labute approximate surface area is 120 Å². The second kappa shape index (κ2) is 7.53. The summed E-state index contributed by atoms with van der Waals surface area (Å²) in [6, 6.07) is 4.37. The molecule has 20 heavy (non-hydrogen) atoms. The Bertz CT molecular complexity index is 535. The first-order chi connectivity index (χ1) is 9.40. The third kappa shape index (κ3) is 5.31. The lowest BCUT2D eigenvalue weighted by Crippen LogP contribution is -1.97. The molecule has 0 heterocycles. The normalized spacial score (nSPS) is 11.2. The van der Waals surface area contributed by atoms with E-state index in [-0.39, 0.29) is 11.3 Å². The van der Waals surface area contributed by atoms with Gasteiger partial charge in [0.1, 0.15) is 5.75 Å². The molecule has 0 radical (unpaired) electrons. The standard InChI is InChI=1S/C17H22O3/c1-12(2)5-4-6-13(3)7-8-14-11-15(17(19)20)9-10-16(14)18/h5,7,9-11,18H,4,6,8H2,1-3H3,(H,19,20)/b13-7-. The molecule has 0 aromatic heterocycles. The third-order valence-corrected chi connectivity index (χ3v) is 3.09. The summed E-state index contributed by atoms with van der Waals surface area (Å²) in [5.74, 6) is -0.834. The van der Waals surface area contributed by atoms with Crippen molar-refractivity contribution in [1.82, 2.24) is 0 Å². The van der Waals surface area contributed by atoms with Gasteiger partial charge in [0.15, 0.2) is 0 Å². The smallest absolute Gasteiger partial charge is 0.335 e. The van der Waals surface area contributed by atoms with Crippen LogP contribution < -0.4 is 0 Å². The van der Waals surface area contributed by atoms with Crippen LogP contribution in [0.4, 0.5) is 0 Å². The number of benzene rings is 1. The van der Waals surface area contributed by atoms with E-state index in [1.165, 1.54) is 29.3 Å². The first kappa shape index (κ1) is 16.0. The molecule has 108 valence electrons. The Morgan fingerprint density at radius 1 is 1.20 bits per heavy atom. The molecule has 0 bridgehead atoms. The third-order valence-electron chi connectivity index (χ3n) is 3.09. The van der Waals surface area contributed by atoms with Crippen molar-refractivity contribution in [1.29, 1.82) is 0 Å². The molecule has 1 rings (SSSR count). The van der Waals surface area contributed by atoms with Gasteiger partial charge in [0.2, 0.25) is 0 Å². The molecule has 0 aliphatic rings. The summed E-state index contributed by atoms with van der Waals surface area (Å²) in [7, 11) is 0. The Kier molecular flexibility index (Phi) is 6.04. The topological polar surface area (TPSA) is 57.5 Å². The highest BCUT2D eigenvalue weighted by Crippen LogP contribution is 2.20. The molecule has 0 saturated heterocycles. The quantitative estimate of drug-likeness (QED) is 0.759. The molecule has 0 unspecified atom stereocenters. The highest BCUT2D eigenvalue weighted by molar-refractivity contribution is 5.88. The molecule has 0 aliphatic heterocycles. The number of aromatic carboxylic acids is 1. The molecule has 1 aromatic carbocycles. The lowest BCUT2D eigenvalue weighted by molar-refractivity contribution is 0.0697. The summed E-state index contributed by atoms with van der Waals surface area (Å²) in [5.41, 5.74) is 3.40. The maximum absolute atomic E-state index is 10.9. The minimum absolute atomic E-state index is 0.142. The van der Waals surface area contributed by atoms with Crippen LogP contribution in [0.3, 0.4) is 0 Å². The summed E-state index contributed by atoms with van der Waals surface area (Å²) in [6.45, 7) is 6.21. The minimum Gasteiger partial charge on any atom is -0.508 e. The molecular weight excluding hydrogens is 252 g/mol. The largest absolute Gasteiger partial charge is 0.508 e. The number of carbonyl (C=O) groups is 1. The van der Waals surface area contributed by atoms with Crippen molar-refractivity contribution in [3.8, 4) is 5.75 Å². The second-order valence-corrected chi connectivity index (χ2v) is 5.22. The average molecular weight is 274 g/mol. The predicted octanol–water partition coefficient (Wildman–Crippen LogP) is 4.33. The van der Waals surface area contributed by atoms with E-state index in [4.69, 9.17) is 5.11 Å². The SMILES string of the molecule is CC(C)=CCC/C(C)=C\Cc1cc(C(=O)O)ccc1O. The Balaban J connectivity index is 2.70. The number of phenolic OH excluding ortho intramolecular Hbond substituents is 1. The van der Waals surface area contributed by atoms with E-state index in [1.54, 1.807) is 0 Å². The highest BCUT2D eigenvalue weighted by atomic mass is 16.4. The summed E-state index contributed by atoms with van der Waals surface area (Å²) in [4.78, 5) is 10.9. The first-order valence-electron chi connectivity index (χ1n) is 6.74. The van der Waals surface area contributed by atoms with Crippen LogP contribution in [0.25, 0.3) is 0 Å². The summed E-state index contributed by atoms with van der Waals surface area (Å²) in [6.07, 6.45) is 6.77. The van der Waals surface area contributed by atoms with E-state index in [0.717, 1.165) is 12.8 Å². The molecule has 0 aliphatic carbocycles. The number of carboxylic acids is 1. The zero-order valence-corrected chi connectivity index (χ0v) is 12.3. The number of hydrogen-bond donors (Lipinski definition) is 2. The van der Waals surface area contributed by atoms with Gasteiger partial charge in [-0.1, -0.05) is 23.3 Å². The minimum atomic E-state index is -0.976. The molecule has 0 atom stereocenters. The molecule has 1 aromatic rings. The van der Waals surface area contributed by atoms with Gasteiger partial charge in [0.25, 0.3) is 0 Å². The maximum Gasteiger partial charge on any atom is 0.335 e. The van der Waals surface area contributed by atoms with Gasteiger partial charge in [-0.3, -0.25) is 0 Å². The molecule has 0 fully saturated rings. The van der Waals surface area contributed by atoms with Crippen LogP contribution in [0.1, 0.15) is 49.5 Å². The van der Waals surface area contributed by atoms with Crippen molar-refractivity contribution >= 4 is 5.97 Å². The number of aromatic hydroxyl groups is 1. The van der Waals surface area contributed by atoms with Gasteiger partial charge in [-0.15, -0.1) is 0 Å². The van der Waals surface area contributed by atoms with Crippen LogP contribution >= 0.6 is 0 Å². The molecule has 0 spiro atoms. The van der Waals surface area contributed by atoms with Crippen molar-refractivity contribution in [2.75, 3.05) is 0 Å². The van der Waals surface area contributed by atoms with Gasteiger partial charge in [-0.2, -0.15) is 0 Å². The van der Waals surface area contributed by atoms with Crippen molar-refractivity contribution < 1.29 is 15.0 Å². The van der Waals surface area contributed by atoms with Crippen molar-refractivity contribution in [3.05, 3.63) is 52.6 Å². The number of phenols is 1. The van der Waals surface area contributed by atoms with Crippen molar-refractivity contribution in [2.24, 2.45) is 0 Å². The van der Waals surface area contributed by atoms with Crippen LogP contribution in [0.2, 0.25) is 0 Å². The van der Waals surface area contributed by atoms with Crippen LogP contribution in [-0.4, -0.2) is 16.2 Å². The van der Waals surface area contributed by atoms with E-state index in [9.17, 15) is 9.90 Å². The van der Waals surface area contributed by atoms with Crippen molar-refractivity contribution in [2.45, 2.75) is 40.0 Å². The summed E-state index contributed by atoms with van der Waals surface area (Å²) < 4.78 is 0. The summed E-state index contributed by atoms with van der Waals surface area (Å²) >= 11 is 0. The van der Waals surface area contributed by atoms with E-state index >= 15 is 0 Å². The lowest BCUT2D eigenvalue weighted by atomic mass is 10.0. The van der Waals surface area contributed by atoms with E-state index in [2.05, 4.69) is 26.8 Å². The fraction of sp³-hybridized carbons (Fsp3) is 0.353. The Morgan fingerprint density at radius 3 is 2.50 bits per heavy atom. The van der Waals surface area contributed by atoms with Crippen LogP contribution in [0.5, 0.6) is 5.75 Å². The highest BCUT2D eigenvalue weighted by Gasteiger charge is 2.06. The number of carboxylic acid groups (broad SMARTS) is 1. The molecule has 0 amide bonds. The average Bonchev–Trinajstić information content (AvgIpc) is 2.37. The molecule has 3 nitrogen and oxygen atoms in total. The predicted molar refractivity (Wildman–Crippen MR) is 81.2 cm³/mol. The second-order valence-electron chi connectivity index (χ2n) is 5.22. The molecule has 2 N–H and O–H groups in total. The van der Waals surface area contributed by atoms with Crippen LogP contribution in [0, 0.1) is 0 Å². The number of hydrogen-bond acceptors (Lipinski definition) is 2. The molecule has 3 heteroatoms. The first-order valence-corrected chi connectivity index (χ1v) is 6.74. The van der Waals surface area contributed by atoms with E-state index in [1.807, 2.05) is 6.08 Å². The van der Waals surface area contributed by atoms with Gasteiger partial charge in [0.05, 0.1) is 5.56 Å². The Hall–Kier alpha value is -2.03. The summed E-state index contributed by atoms with van der Waals surface area (Å²) in [5, 5.41) is 18.7. The fourth-order valence-corrected chi connectivity index (χ4v) is 1.86. The molecule has 0 saturated carbocycles. The van der Waals surface area contributed by atoms with Crippen LogP contribution in [-0.2, 0) is 6.42 Å². The van der Waals surface area contributed by atoms with Gasteiger partial charge >= 0.3 is 5.97 Å². The monoisotopic (exact) mass is 274 g/mol. The van der Waals surface area contributed by atoms with E-state index in [0.29, 0.717) is 12.0 Å². The number of allylic oxidation sites excluding steroid dienone is 4. The lowest BCUT2D eigenvalue weighted by Gasteiger charge is -2.04. The zero-order valence-electron chi connectivity index (χ0n) is 12.3. The molecular formula is C17H22O3. The van der Waals surface area contributed by atoms with Gasteiger partial charge < -0.3 is 10.2 Å². The van der Waals surface area contributed by atoms with Gasteiger partial charge in [-0.05, 0) is 63.8 Å². The zero-order chi connectivity index (χ0) is 15.1. The van der Waals surface area contributed by atoms with Crippen LogP contribution in [0.15, 0.2) is 41.5 Å². The van der Waals surface area contributed by atoms with Crippen molar-refractivity contribution in [3.63, 3.8) is 0 Å². The van der Waals surface area contributed by atoms with Gasteiger partial charge in [0, 0.05) is 0 Å². The fourth-order valence-electron chi connectivity index (χ4n) is 1.86. The Morgan fingerprint density at radius 2 is 1.90 bits per heavy atom. The maximum atomic E-state index is 10.9. The number of rotatable bonds is 6.